The van der Waals surface area contributed by atoms with Crippen molar-refractivity contribution >= 4 is 29.3 Å². The first-order valence-electron chi connectivity index (χ1n) is 6.92. The van der Waals surface area contributed by atoms with Gasteiger partial charge in [0.1, 0.15) is 0 Å². The minimum absolute atomic E-state index is 0.0520. The molecule has 1 amide bonds. The van der Waals surface area contributed by atoms with Gasteiger partial charge in [0.25, 0.3) is 5.91 Å². The molecule has 2 heterocycles. The van der Waals surface area contributed by atoms with Gasteiger partial charge in [0, 0.05) is 29.4 Å². The predicted octanol–water partition coefficient (Wildman–Crippen LogP) is 3.31. The van der Waals surface area contributed by atoms with E-state index in [1.807, 2.05) is 40.9 Å². The molecule has 110 valence electrons. The number of nitrogens with zero attached hydrogens (tertiary/aromatic N) is 2. The van der Waals surface area contributed by atoms with Crippen molar-refractivity contribution in [3.63, 3.8) is 0 Å². The van der Waals surface area contributed by atoms with Crippen molar-refractivity contribution in [2.45, 2.75) is 6.42 Å². The molecule has 2 aromatic rings. The number of hydrogen-bond acceptors (Lipinski definition) is 3. The smallest absolute Gasteiger partial charge is 0.257 e. The molecule has 0 spiro atoms. The van der Waals surface area contributed by atoms with Crippen molar-refractivity contribution in [3.05, 3.63) is 41.0 Å². The number of aromatic amines is 1. The summed E-state index contributed by atoms with van der Waals surface area (Å²) in [5.74, 6) is 2.18. The third-order valence-electron chi connectivity index (χ3n) is 3.51. The van der Waals surface area contributed by atoms with E-state index in [1.165, 1.54) is 0 Å². The van der Waals surface area contributed by atoms with Crippen molar-refractivity contribution < 1.29 is 4.79 Å². The molecular weight excluding hydrogens is 306 g/mol. The lowest BCUT2D eigenvalue weighted by molar-refractivity contribution is 0.0769. The van der Waals surface area contributed by atoms with Gasteiger partial charge in [0.15, 0.2) is 0 Å². The van der Waals surface area contributed by atoms with Crippen molar-refractivity contribution in [3.8, 4) is 11.3 Å². The predicted molar refractivity (Wildman–Crippen MR) is 86.9 cm³/mol. The van der Waals surface area contributed by atoms with Gasteiger partial charge in [-0.25, -0.2) is 0 Å². The molecular formula is C15H16ClN3OS. The number of thioether (sulfide) groups is 1. The summed E-state index contributed by atoms with van der Waals surface area (Å²) >= 11 is 7.82. The zero-order valence-corrected chi connectivity index (χ0v) is 13.1. The average molecular weight is 322 g/mol. The van der Waals surface area contributed by atoms with E-state index in [4.69, 9.17) is 11.6 Å². The Bertz CT molecular complexity index is 618. The number of carbonyl (C=O) groups excluding carboxylic acids is 1. The van der Waals surface area contributed by atoms with Crippen LogP contribution < -0.4 is 0 Å². The summed E-state index contributed by atoms with van der Waals surface area (Å²) < 4.78 is 0. The van der Waals surface area contributed by atoms with Gasteiger partial charge < -0.3 is 4.90 Å². The molecule has 1 N–H and O–H groups in total. The van der Waals surface area contributed by atoms with E-state index in [9.17, 15) is 4.79 Å². The molecule has 0 saturated carbocycles. The second kappa shape index (κ2) is 6.54. The van der Waals surface area contributed by atoms with E-state index in [2.05, 4.69) is 10.2 Å². The first-order valence-corrected chi connectivity index (χ1v) is 8.45. The fraction of sp³-hybridized carbons (Fsp3) is 0.333. The minimum atomic E-state index is 0.0520. The van der Waals surface area contributed by atoms with Gasteiger partial charge in [-0.15, -0.1) is 0 Å². The normalized spacial score (nSPS) is 15.8. The van der Waals surface area contributed by atoms with Gasteiger partial charge in [-0.3, -0.25) is 9.89 Å². The molecule has 0 aliphatic carbocycles. The van der Waals surface area contributed by atoms with E-state index >= 15 is 0 Å². The van der Waals surface area contributed by atoms with E-state index in [-0.39, 0.29) is 5.91 Å². The molecule has 1 aliphatic heterocycles. The summed E-state index contributed by atoms with van der Waals surface area (Å²) in [5.41, 5.74) is 2.31. The number of aromatic nitrogens is 2. The quantitative estimate of drug-likeness (QED) is 0.923. The Morgan fingerprint density at radius 2 is 2.05 bits per heavy atom. The Labute approximate surface area is 132 Å². The lowest BCUT2D eigenvalue weighted by atomic mass is 10.1. The summed E-state index contributed by atoms with van der Waals surface area (Å²) in [7, 11) is 0. The molecule has 1 fully saturated rings. The van der Waals surface area contributed by atoms with Crippen molar-refractivity contribution in [2.24, 2.45) is 0 Å². The van der Waals surface area contributed by atoms with E-state index < -0.39 is 0 Å². The topological polar surface area (TPSA) is 49.0 Å². The maximum absolute atomic E-state index is 12.7. The van der Waals surface area contributed by atoms with E-state index in [0.29, 0.717) is 10.6 Å². The Morgan fingerprint density at radius 1 is 1.24 bits per heavy atom. The number of amides is 1. The van der Waals surface area contributed by atoms with Crippen LogP contribution >= 0.6 is 23.4 Å². The summed E-state index contributed by atoms with van der Waals surface area (Å²) in [6, 6.07) is 7.42. The van der Waals surface area contributed by atoms with Crippen LogP contribution in [0.25, 0.3) is 11.3 Å². The highest BCUT2D eigenvalue weighted by Crippen LogP contribution is 2.24. The highest BCUT2D eigenvalue weighted by atomic mass is 35.5. The number of H-pyrrole nitrogens is 1. The van der Waals surface area contributed by atoms with Gasteiger partial charge in [0.05, 0.1) is 17.5 Å². The number of nitrogens with one attached hydrogen (secondary N) is 1. The molecule has 3 rings (SSSR count). The first-order chi connectivity index (χ1) is 10.3. The molecule has 1 aromatic heterocycles. The third-order valence-corrected chi connectivity index (χ3v) is 4.81. The average Bonchev–Trinajstić information content (AvgIpc) is 2.82. The summed E-state index contributed by atoms with van der Waals surface area (Å²) in [6.07, 6.45) is 2.66. The van der Waals surface area contributed by atoms with Crippen LogP contribution in [0.5, 0.6) is 0 Å². The summed E-state index contributed by atoms with van der Waals surface area (Å²) in [5, 5.41) is 7.66. The Hall–Kier alpha value is -1.46. The standard InChI is InChI=1S/C15H16ClN3OS/c16-12-4-2-11(3-5-12)14-13(10-17-18-14)15(20)19-6-1-8-21-9-7-19/h2-5,10H,1,6-9H2,(H,17,18). The number of hydrogen-bond donors (Lipinski definition) is 1. The van der Waals surface area contributed by atoms with Crippen LogP contribution in [0.15, 0.2) is 30.5 Å². The Kier molecular flexibility index (Phi) is 4.51. The van der Waals surface area contributed by atoms with Crippen LogP contribution in [0.1, 0.15) is 16.8 Å². The molecule has 1 aromatic carbocycles. The van der Waals surface area contributed by atoms with Crippen molar-refractivity contribution in [1.82, 2.24) is 15.1 Å². The van der Waals surface area contributed by atoms with Crippen molar-refractivity contribution in [1.29, 1.82) is 0 Å². The minimum Gasteiger partial charge on any atom is -0.338 e. The molecule has 0 unspecified atom stereocenters. The number of benzene rings is 1. The molecule has 4 nitrogen and oxygen atoms in total. The largest absolute Gasteiger partial charge is 0.338 e. The van der Waals surface area contributed by atoms with Gasteiger partial charge in [0.2, 0.25) is 0 Å². The van der Waals surface area contributed by atoms with Crippen LogP contribution in [-0.2, 0) is 0 Å². The number of rotatable bonds is 2. The molecule has 0 bridgehead atoms. The molecule has 1 aliphatic rings. The van der Waals surface area contributed by atoms with E-state index in [1.54, 1.807) is 6.20 Å². The molecule has 1 saturated heterocycles. The maximum Gasteiger partial charge on any atom is 0.257 e. The molecule has 0 atom stereocenters. The first kappa shape index (κ1) is 14.5. The van der Waals surface area contributed by atoms with Gasteiger partial charge in [-0.2, -0.15) is 16.9 Å². The Morgan fingerprint density at radius 3 is 2.86 bits per heavy atom. The fourth-order valence-electron chi connectivity index (χ4n) is 2.40. The lowest BCUT2D eigenvalue weighted by Gasteiger charge is -2.19. The maximum atomic E-state index is 12.7. The molecule has 0 radical (unpaired) electrons. The van der Waals surface area contributed by atoms with Crippen molar-refractivity contribution in [2.75, 3.05) is 24.6 Å². The third kappa shape index (κ3) is 3.24. The fourth-order valence-corrected chi connectivity index (χ4v) is 3.42. The lowest BCUT2D eigenvalue weighted by Crippen LogP contribution is -2.33. The molecule has 21 heavy (non-hydrogen) atoms. The summed E-state index contributed by atoms with van der Waals surface area (Å²) in [4.78, 5) is 14.6. The van der Waals surface area contributed by atoms with Gasteiger partial charge in [-0.1, -0.05) is 23.7 Å². The zero-order chi connectivity index (χ0) is 14.7. The van der Waals surface area contributed by atoms with Crippen LogP contribution in [-0.4, -0.2) is 45.6 Å². The second-order valence-corrected chi connectivity index (χ2v) is 6.58. The monoisotopic (exact) mass is 321 g/mol. The van der Waals surface area contributed by atoms with Crippen LogP contribution in [0.2, 0.25) is 5.02 Å². The molecule has 6 heteroatoms. The van der Waals surface area contributed by atoms with Crippen LogP contribution in [0.3, 0.4) is 0 Å². The highest BCUT2D eigenvalue weighted by molar-refractivity contribution is 7.99. The number of halogens is 1. The van der Waals surface area contributed by atoms with Gasteiger partial charge >= 0.3 is 0 Å². The van der Waals surface area contributed by atoms with Crippen LogP contribution in [0.4, 0.5) is 0 Å². The van der Waals surface area contributed by atoms with Crippen LogP contribution in [0, 0.1) is 0 Å². The Balaban J connectivity index is 1.87. The summed E-state index contributed by atoms with van der Waals surface area (Å²) in [6.45, 7) is 1.62. The highest BCUT2D eigenvalue weighted by Gasteiger charge is 2.22. The van der Waals surface area contributed by atoms with E-state index in [0.717, 1.165) is 42.3 Å². The second-order valence-electron chi connectivity index (χ2n) is 4.92. The SMILES string of the molecule is O=C(c1cn[nH]c1-c1ccc(Cl)cc1)N1CCCSCC1. The zero-order valence-electron chi connectivity index (χ0n) is 11.5. The van der Waals surface area contributed by atoms with Gasteiger partial charge in [-0.05, 0) is 24.3 Å². The number of carbonyl (C=O) groups is 1.